The first-order valence-electron chi connectivity index (χ1n) is 6.77. The van der Waals surface area contributed by atoms with Gasteiger partial charge in [-0.3, -0.25) is 4.79 Å². The highest BCUT2D eigenvalue weighted by Crippen LogP contribution is 2.26. The Hall–Kier alpha value is -1.72. The average molecular weight is 306 g/mol. The molecule has 0 aliphatic rings. The molecule has 1 aromatic heterocycles. The zero-order chi connectivity index (χ0) is 15.3. The van der Waals surface area contributed by atoms with Crippen LogP contribution < -0.4 is 10.6 Å². The summed E-state index contributed by atoms with van der Waals surface area (Å²) in [5, 5.41) is 7.86. The standard InChI is InChI=1S/C16H19FN2OS/c1-16(2,14-7-4-8-21-14)11-18-10-15(20)19-13-6-3-5-12(17)9-13/h3-9,18H,10-11H2,1-2H3,(H,19,20). The number of thiophene rings is 1. The Kier molecular flexibility index (Phi) is 5.09. The lowest BCUT2D eigenvalue weighted by molar-refractivity contribution is -0.115. The maximum atomic E-state index is 13.0. The number of halogens is 1. The molecule has 2 aromatic rings. The first-order chi connectivity index (χ1) is 9.97. The summed E-state index contributed by atoms with van der Waals surface area (Å²) in [7, 11) is 0. The van der Waals surface area contributed by atoms with Gasteiger partial charge in [0, 0.05) is 22.5 Å². The van der Waals surface area contributed by atoms with Crippen molar-refractivity contribution < 1.29 is 9.18 Å². The third-order valence-corrected chi connectivity index (χ3v) is 4.38. The Balaban J connectivity index is 1.79. The Morgan fingerprint density at radius 3 is 2.76 bits per heavy atom. The van der Waals surface area contributed by atoms with Gasteiger partial charge in [0.15, 0.2) is 0 Å². The van der Waals surface area contributed by atoms with Gasteiger partial charge in [-0.2, -0.15) is 0 Å². The van der Waals surface area contributed by atoms with Crippen molar-refractivity contribution in [2.24, 2.45) is 0 Å². The van der Waals surface area contributed by atoms with Crippen LogP contribution in [0.3, 0.4) is 0 Å². The van der Waals surface area contributed by atoms with Crippen LogP contribution in [0.1, 0.15) is 18.7 Å². The molecule has 0 saturated heterocycles. The van der Waals surface area contributed by atoms with E-state index in [2.05, 4.69) is 30.5 Å². The monoisotopic (exact) mass is 306 g/mol. The number of nitrogens with one attached hydrogen (secondary N) is 2. The summed E-state index contributed by atoms with van der Waals surface area (Å²) in [4.78, 5) is 13.1. The van der Waals surface area contributed by atoms with Gasteiger partial charge in [0.2, 0.25) is 5.91 Å². The van der Waals surface area contributed by atoms with Crippen molar-refractivity contribution in [3.63, 3.8) is 0 Å². The molecule has 0 atom stereocenters. The van der Waals surface area contributed by atoms with Crippen LogP contribution in [0.5, 0.6) is 0 Å². The lowest BCUT2D eigenvalue weighted by Gasteiger charge is -2.23. The number of benzene rings is 1. The van der Waals surface area contributed by atoms with Crippen molar-refractivity contribution in [1.29, 1.82) is 0 Å². The van der Waals surface area contributed by atoms with Crippen LogP contribution in [0.25, 0.3) is 0 Å². The quantitative estimate of drug-likeness (QED) is 0.859. The molecule has 2 N–H and O–H groups in total. The molecule has 0 spiro atoms. The maximum absolute atomic E-state index is 13.0. The van der Waals surface area contributed by atoms with Crippen molar-refractivity contribution in [1.82, 2.24) is 5.32 Å². The average Bonchev–Trinajstić information content (AvgIpc) is 2.93. The summed E-state index contributed by atoms with van der Waals surface area (Å²) in [6, 6.07) is 10.00. The van der Waals surface area contributed by atoms with E-state index >= 15 is 0 Å². The van der Waals surface area contributed by atoms with Gasteiger partial charge in [0.05, 0.1) is 6.54 Å². The normalized spacial score (nSPS) is 11.4. The van der Waals surface area contributed by atoms with E-state index in [4.69, 9.17) is 0 Å². The van der Waals surface area contributed by atoms with Crippen LogP contribution in [0, 0.1) is 5.82 Å². The number of amides is 1. The SMILES string of the molecule is CC(C)(CNCC(=O)Nc1cccc(F)c1)c1cccs1. The highest BCUT2D eigenvalue weighted by molar-refractivity contribution is 7.10. The number of hydrogen-bond donors (Lipinski definition) is 2. The first kappa shape index (κ1) is 15.7. The van der Waals surface area contributed by atoms with Gasteiger partial charge < -0.3 is 10.6 Å². The molecule has 0 radical (unpaired) electrons. The van der Waals surface area contributed by atoms with Crippen LogP contribution in [0.15, 0.2) is 41.8 Å². The van der Waals surface area contributed by atoms with E-state index in [1.807, 2.05) is 11.4 Å². The van der Waals surface area contributed by atoms with E-state index < -0.39 is 0 Å². The second-order valence-corrected chi connectivity index (χ2v) is 6.47. The zero-order valence-electron chi connectivity index (χ0n) is 12.2. The Labute approximate surface area is 128 Å². The molecule has 2 rings (SSSR count). The number of hydrogen-bond acceptors (Lipinski definition) is 3. The van der Waals surface area contributed by atoms with Gasteiger partial charge in [-0.15, -0.1) is 11.3 Å². The highest BCUT2D eigenvalue weighted by Gasteiger charge is 2.21. The summed E-state index contributed by atoms with van der Waals surface area (Å²) in [6.07, 6.45) is 0. The zero-order valence-corrected chi connectivity index (χ0v) is 13.0. The van der Waals surface area contributed by atoms with Crippen molar-refractivity contribution in [2.45, 2.75) is 19.3 Å². The number of carbonyl (C=O) groups is 1. The van der Waals surface area contributed by atoms with Gasteiger partial charge in [-0.1, -0.05) is 26.0 Å². The fraction of sp³-hybridized carbons (Fsp3) is 0.312. The smallest absolute Gasteiger partial charge is 0.238 e. The van der Waals surface area contributed by atoms with Crippen LogP contribution >= 0.6 is 11.3 Å². The van der Waals surface area contributed by atoms with Gasteiger partial charge >= 0.3 is 0 Å². The van der Waals surface area contributed by atoms with E-state index in [0.29, 0.717) is 12.2 Å². The summed E-state index contributed by atoms with van der Waals surface area (Å²) >= 11 is 1.71. The molecule has 112 valence electrons. The second-order valence-electron chi connectivity index (χ2n) is 5.52. The molecular weight excluding hydrogens is 287 g/mol. The molecule has 1 heterocycles. The van der Waals surface area contributed by atoms with Crippen molar-refractivity contribution in [3.8, 4) is 0 Å². The molecular formula is C16H19FN2OS. The Morgan fingerprint density at radius 2 is 2.10 bits per heavy atom. The fourth-order valence-corrected chi connectivity index (χ4v) is 2.86. The van der Waals surface area contributed by atoms with Crippen molar-refractivity contribution in [3.05, 3.63) is 52.5 Å². The van der Waals surface area contributed by atoms with Crippen molar-refractivity contribution >= 4 is 22.9 Å². The van der Waals surface area contributed by atoms with E-state index in [1.54, 1.807) is 23.5 Å². The number of carbonyl (C=O) groups excluding carboxylic acids is 1. The minimum Gasteiger partial charge on any atom is -0.325 e. The van der Waals surface area contributed by atoms with E-state index in [-0.39, 0.29) is 23.7 Å². The van der Waals surface area contributed by atoms with Crippen LogP contribution in [0.4, 0.5) is 10.1 Å². The minimum absolute atomic E-state index is 0.0205. The van der Waals surface area contributed by atoms with Gasteiger partial charge in [-0.05, 0) is 29.6 Å². The van der Waals surface area contributed by atoms with Gasteiger partial charge in [-0.25, -0.2) is 4.39 Å². The third kappa shape index (κ3) is 4.65. The molecule has 1 aromatic carbocycles. The molecule has 1 amide bonds. The number of rotatable bonds is 6. The Bertz CT molecular complexity index is 596. The first-order valence-corrected chi connectivity index (χ1v) is 7.65. The second kappa shape index (κ2) is 6.83. The fourth-order valence-electron chi connectivity index (χ4n) is 2.01. The van der Waals surface area contributed by atoms with E-state index in [9.17, 15) is 9.18 Å². The third-order valence-electron chi connectivity index (χ3n) is 3.15. The molecule has 5 heteroatoms. The van der Waals surface area contributed by atoms with Crippen LogP contribution in [-0.4, -0.2) is 19.0 Å². The summed E-state index contributed by atoms with van der Waals surface area (Å²) in [5.74, 6) is -0.540. The van der Waals surface area contributed by atoms with Crippen LogP contribution in [-0.2, 0) is 10.2 Å². The predicted molar refractivity (Wildman–Crippen MR) is 85.2 cm³/mol. The molecule has 0 fully saturated rings. The molecule has 21 heavy (non-hydrogen) atoms. The Morgan fingerprint density at radius 1 is 1.29 bits per heavy atom. The molecule has 0 aliphatic heterocycles. The molecule has 0 unspecified atom stereocenters. The van der Waals surface area contributed by atoms with Crippen molar-refractivity contribution in [2.75, 3.05) is 18.4 Å². The molecule has 0 aliphatic carbocycles. The highest BCUT2D eigenvalue weighted by atomic mass is 32.1. The lowest BCUT2D eigenvalue weighted by Crippen LogP contribution is -2.37. The topological polar surface area (TPSA) is 41.1 Å². The van der Waals surface area contributed by atoms with Gasteiger partial charge in [0.1, 0.15) is 5.82 Å². The number of anilines is 1. The summed E-state index contributed by atoms with van der Waals surface area (Å²) in [5.41, 5.74) is 0.451. The summed E-state index contributed by atoms with van der Waals surface area (Å²) in [6.45, 7) is 5.17. The minimum atomic E-state index is -0.361. The predicted octanol–water partition coefficient (Wildman–Crippen LogP) is 3.39. The van der Waals surface area contributed by atoms with E-state index in [1.165, 1.54) is 17.0 Å². The lowest BCUT2D eigenvalue weighted by atomic mass is 9.91. The largest absolute Gasteiger partial charge is 0.325 e. The summed E-state index contributed by atoms with van der Waals surface area (Å²) < 4.78 is 13.0. The molecule has 0 bridgehead atoms. The van der Waals surface area contributed by atoms with Crippen LogP contribution in [0.2, 0.25) is 0 Å². The van der Waals surface area contributed by atoms with E-state index in [0.717, 1.165) is 0 Å². The maximum Gasteiger partial charge on any atom is 0.238 e. The van der Waals surface area contributed by atoms with Gasteiger partial charge in [0.25, 0.3) is 0 Å². The molecule has 3 nitrogen and oxygen atoms in total. The molecule has 0 saturated carbocycles.